The van der Waals surface area contributed by atoms with Crippen LogP contribution < -0.4 is 10.6 Å². The van der Waals surface area contributed by atoms with Gasteiger partial charge in [0.25, 0.3) is 0 Å². The van der Waals surface area contributed by atoms with Crippen LogP contribution in [0.25, 0.3) is 0 Å². The largest absolute Gasteiger partial charge is 0.357 e. The van der Waals surface area contributed by atoms with E-state index in [0.29, 0.717) is 6.54 Å². The minimum Gasteiger partial charge on any atom is -0.357 e. The Morgan fingerprint density at radius 1 is 1.04 bits per heavy atom. The van der Waals surface area contributed by atoms with Crippen LogP contribution in [-0.4, -0.2) is 36.0 Å². The molecule has 0 aliphatic carbocycles. The monoisotopic (exact) mass is 446 g/mol. The van der Waals surface area contributed by atoms with Crippen molar-refractivity contribution in [3.8, 4) is 0 Å². The molecular formula is C19H35IN4. The molecule has 0 heterocycles. The molecule has 5 heteroatoms. The van der Waals surface area contributed by atoms with Gasteiger partial charge in [-0.15, -0.1) is 24.0 Å². The van der Waals surface area contributed by atoms with Gasteiger partial charge in [-0.3, -0.25) is 4.90 Å². The molecule has 0 fully saturated rings. The predicted molar refractivity (Wildman–Crippen MR) is 116 cm³/mol. The highest BCUT2D eigenvalue weighted by Crippen LogP contribution is 2.13. The van der Waals surface area contributed by atoms with Crippen molar-refractivity contribution in [2.75, 3.05) is 19.6 Å². The van der Waals surface area contributed by atoms with Crippen LogP contribution in [0, 0.1) is 0 Å². The Balaban J connectivity index is 0.00000529. The fraction of sp³-hybridized carbons (Fsp3) is 0.632. The second-order valence-electron chi connectivity index (χ2n) is 6.80. The van der Waals surface area contributed by atoms with Crippen LogP contribution in [0.2, 0.25) is 0 Å². The number of nitrogens with zero attached hydrogens (tertiary/aromatic N) is 2. The molecule has 0 saturated carbocycles. The topological polar surface area (TPSA) is 39.7 Å². The van der Waals surface area contributed by atoms with Gasteiger partial charge in [0.15, 0.2) is 5.96 Å². The van der Waals surface area contributed by atoms with Gasteiger partial charge in [-0.05, 0) is 51.9 Å². The summed E-state index contributed by atoms with van der Waals surface area (Å²) >= 11 is 0. The van der Waals surface area contributed by atoms with E-state index < -0.39 is 0 Å². The van der Waals surface area contributed by atoms with Gasteiger partial charge in [-0.2, -0.15) is 0 Å². The van der Waals surface area contributed by atoms with Crippen LogP contribution in [0.4, 0.5) is 0 Å². The molecule has 0 amide bonds. The van der Waals surface area contributed by atoms with E-state index in [4.69, 9.17) is 4.99 Å². The SMILES string of the molecule is CCNC(=NCc1ccccc1CN(CC)CC)NC(C)(C)C.I. The first kappa shape index (κ1) is 23.2. The van der Waals surface area contributed by atoms with Gasteiger partial charge >= 0.3 is 0 Å². The third-order valence-corrected chi connectivity index (χ3v) is 3.65. The lowest BCUT2D eigenvalue weighted by Gasteiger charge is -2.24. The van der Waals surface area contributed by atoms with Crippen molar-refractivity contribution in [3.05, 3.63) is 35.4 Å². The molecule has 0 bridgehead atoms. The molecule has 1 aromatic rings. The van der Waals surface area contributed by atoms with Crippen LogP contribution in [0.3, 0.4) is 0 Å². The van der Waals surface area contributed by atoms with E-state index in [1.807, 2.05) is 0 Å². The Kier molecular flexibility index (Phi) is 11.3. The first-order chi connectivity index (χ1) is 10.9. The molecule has 0 spiro atoms. The van der Waals surface area contributed by atoms with E-state index in [9.17, 15) is 0 Å². The van der Waals surface area contributed by atoms with Crippen LogP contribution in [0.15, 0.2) is 29.3 Å². The maximum Gasteiger partial charge on any atom is 0.191 e. The van der Waals surface area contributed by atoms with Gasteiger partial charge in [0.05, 0.1) is 6.54 Å². The minimum absolute atomic E-state index is 0. The number of halogens is 1. The Labute approximate surface area is 165 Å². The summed E-state index contributed by atoms with van der Waals surface area (Å²) in [6.45, 7) is 17.6. The molecule has 2 N–H and O–H groups in total. The van der Waals surface area contributed by atoms with Crippen molar-refractivity contribution < 1.29 is 0 Å². The fourth-order valence-electron chi connectivity index (χ4n) is 2.38. The van der Waals surface area contributed by atoms with Crippen molar-refractivity contribution in [3.63, 3.8) is 0 Å². The summed E-state index contributed by atoms with van der Waals surface area (Å²) < 4.78 is 0. The van der Waals surface area contributed by atoms with Gasteiger partial charge in [0.1, 0.15) is 0 Å². The highest BCUT2D eigenvalue weighted by atomic mass is 127. The second kappa shape index (κ2) is 11.7. The maximum atomic E-state index is 4.76. The molecule has 4 nitrogen and oxygen atoms in total. The summed E-state index contributed by atoms with van der Waals surface area (Å²) in [6.07, 6.45) is 0. The van der Waals surface area contributed by atoms with Crippen molar-refractivity contribution >= 4 is 29.9 Å². The standard InChI is InChI=1S/C19H34N4.HI/c1-7-20-18(22-19(4,5)6)21-14-16-12-10-11-13-17(16)15-23(8-2)9-3;/h10-13H,7-9,14-15H2,1-6H3,(H2,20,21,22);1H. The Hall–Kier alpha value is -0.820. The van der Waals surface area contributed by atoms with Crippen LogP contribution in [-0.2, 0) is 13.1 Å². The molecular weight excluding hydrogens is 411 g/mol. The average molecular weight is 446 g/mol. The zero-order valence-electron chi connectivity index (χ0n) is 16.1. The van der Waals surface area contributed by atoms with Crippen molar-refractivity contribution in [1.82, 2.24) is 15.5 Å². The summed E-state index contributed by atoms with van der Waals surface area (Å²) in [5, 5.41) is 6.76. The van der Waals surface area contributed by atoms with Crippen molar-refractivity contribution in [2.45, 2.75) is 60.2 Å². The third kappa shape index (κ3) is 8.87. The van der Waals surface area contributed by atoms with E-state index in [0.717, 1.165) is 32.1 Å². The number of hydrogen-bond acceptors (Lipinski definition) is 2. The zero-order chi connectivity index (χ0) is 17.3. The molecule has 0 atom stereocenters. The number of aliphatic imine (C=N–C) groups is 1. The molecule has 0 unspecified atom stereocenters. The first-order valence-electron chi connectivity index (χ1n) is 8.75. The highest BCUT2D eigenvalue weighted by molar-refractivity contribution is 14.0. The molecule has 0 saturated heterocycles. The fourth-order valence-corrected chi connectivity index (χ4v) is 2.38. The van der Waals surface area contributed by atoms with Gasteiger partial charge < -0.3 is 10.6 Å². The maximum absolute atomic E-state index is 4.76. The number of rotatable bonds is 7. The summed E-state index contributed by atoms with van der Waals surface area (Å²) in [5.41, 5.74) is 2.67. The average Bonchev–Trinajstić information content (AvgIpc) is 2.50. The number of guanidine groups is 1. The van der Waals surface area contributed by atoms with E-state index in [1.54, 1.807) is 0 Å². The Bertz CT molecular complexity index is 490. The molecule has 24 heavy (non-hydrogen) atoms. The number of hydrogen-bond donors (Lipinski definition) is 2. The molecule has 0 aromatic heterocycles. The van der Waals surface area contributed by atoms with Crippen molar-refractivity contribution in [2.24, 2.45) is 4.99 Å². The molecule has 1 rings (SSSR count). The lowest BCUT2D eigenvalue weighted by atomic mass is 10.1. The van der Waals surface area contributed by atoms with Crippen LogP contribution >= 0.6 is 24.0 Å². The molecule has 0 radical (unpaired) electrons. The van der Waals surface area contributed by atoms with Crippen LogP contribution in [0.1, 0.15) is 52.7 Å². The van der Waals surface area contributed by atoms with Gasteiger partial charge in [-0.25, -0.2) is 4.99 Å². The summed E-state index contributed by atoms with van der Waals surface area (Å²) in [6, 6.07) is 8.61. The lowest BCUT2D eigenvalue weighted by molar-refractivity contribution is 0.295. The van der Waals surface area contributed by atoms with E-state index in [2.05, 4.69) is 81.3 Å². The predicted octanol–water partition coefficient (Wildman–Crippen LogP) is 4.00. The zero-order valence-corrected chi connectivity index (χ0v) is 18.5. The normalized spacial score (nSPS) is 12.0. The number of nitrogens with one attached hydrogen (secondary N) is 2. The van der Waals surface area contributed by atoms with E-state index in [1.165, 1.54) is 11.1 Å². The Morgan fingerprint density at radius 3 is 2.12 bits per heavy atom. The second-order valence-corrected chi connectivity index (χ2v) is 6.80. The summed E-state index contributed by atoms with van der Waals surface area (Å²) in [4.78, 5) is 7.20. The summed E-state index contributed by atoms with van der Waals surface area (Å²) in [7, 11) is 0. The van der Waals surface area contributed by atoms with Gasteiger partial charge in [0, 0.05) is 18.6 Å². The van der Waals surface area contributed by atoms with E-state index >= 15 is 0 Å². The minimum atomic E-state index is 0. The smallest absolute Gasteiger partial charge is 0.191 e. The molecule has 0 aliphatic rings. The van der Waals surface area contributed by atoms with E-state index in [-0.39, 0.29) is 29.5 Å². The molecule has 1 aromatic carbocycles. The molecule has 0 aliphatic heterocycles. The quantitative estimate of drug-likeness (QED) is 0.378. The van der Waals surface area contributed by atoms with Crippen LogP contribution in [0.5, 0.6) is 0 Å². The highest BCUT2D eigenvalue weighted by Gasteiger charge is 2.12. The van der Waals surface area contributed by atoms with Gasteiger partial charge in [-0.1, -0.05) is 38.1 Å². The number of benzene rings is 1. The molecule has 138 valence electrons. The third-order valence-electron chi connectivity index (χ3n) is 3.65. The lowest BCUT2D eigenvalue weighted by Crippen LogP contribution is -2.47. The van der Waals surface area contributed by atoms with Crippen molar-refractivity contribution in [1.29, 1.82) is 0 Å². The Morgan fingerprint density at radius 2 is 1.62 bits per heavy atom. The van der Waals surface area contributed by atoms with Gasteiger partial charge in [0.2, 0.25) is 0 Å². The first-order valence-corrected chi connectivity index (χ1v) is 8.75. The summed E-state index contributed by atoms with van der Waals surface area (Å²) in [5.74, 6) is 0.873.